The Balaban J connectivity index is 1.83. The van der Waals surface area contributed by atoms with Crippen LogP contribution in [0, 0.1) is 0 Å². The summed E-state index contributed by atoms with van der Waals surface area (Å²) in [5.41, 5.74) is 3.21. The number of fused-ring (bicyclic) bond motifs is 1. The maximum Gasteiger partial charge on any atom is 0.312 e. The molecule has 0 N–H and O–H groups in total. The number of para-hydroxylation sites is 1. The molecule has 23 heavy (non-hydrogen) atoms. The van der Waals surface area contributed by atoms with Gasteiger partial charge in [0.2, 0.25) is 0 Å². The van der Waals surface area contributed by atoms with Gasteiger partial charge in [0.15, 0.2) is 0 Å². The van der Waals surface area contributed by atoms with Gasteiger partial charge in [-0.25, -0.2) is 0 Å². The summed E-state index contributed by atoms with van der Waals surface area (Å²) in [4.78, 5) is 12.2. The third-order valence-electron chi connectivity index (χ3n) is 3.96. The summed E-state index contributed by atoms with van der Waals surface area (Å²) in [7, 11) is 1.98. The number of hydrogen-bond acceptors (Lipinski definition) is 3. The van der Waals surface area contributed by atoms with Crippen molar-refractivity contribution in [3.63, 3.8) is 0 Å². The molecule has 0 aliphatic heterocycles. The fraction of sp³-hybridized carbons (Fsp3) is 0.211. The molecule has 0 aliphatic carbocycles. The number of furan rings is 1. The van der Waals surface area contributed by atoms with Crippen LogP contribution in [-0.4, -0.2) is 10.5 Å². The second-order valence-corrected chi connectivity index (χ2v) is 5.41. The smallest absolute Gasteiger partial charge is 0.312 e. The van der Waals surface area contributed by atoms with Crippen LogP contribution in [0.4, 0.5) is 0 Å². The number of benzene rings is 1. The first-order valence-corrected chi connectivity index (χ1v) is 7.54. The Labute approximate surface area is 135 Å². The van der Waals surface area contributed by atoms with Crippen LogP contribution in [-0.2, 0) is 36.0 Å². The topological polar surface area (TPSA) is 44.4 Å². The Bertz CT molecular complexity index is 828. The lowest BCUT2D eigenvalue weighted by molar-refractivity contribution is -0.144. The number of ether oxygens (including phenoxy) is 1. The number of aromatic nitrogens is 1. The molecular formula is C19H19NO3. The van der Waals surface area contributed by atoms with Crippen molar-refractivity contribution in [2.45, 2.75) is 19.4 Å². The average Bonchev–Trinajstić information content (AvgIpc) is 3.16. The molecule has 3 aromatic rings. The molecule has 0 spiro atoms. The van der Waals surface area contributed by atoms with Crippen LogP contribution in [0.2, 0.25) is 0 Å². The Morgan fingerprint density at radius 2 is 2.13 bits per heavy atom. The summed E-state index contributed by atoms with van der Waals surface area (Å²) in [6.07, 6.45) is 4.38. The van der Waals surface area contributed by atoms with E-state index in [0.29, 0.717) is 5.76 Å². The number of hydrogen-bond donors (Lipinski definition) is 0. The molecule has 3 rings (SSSR count). The molecule has 0 bridgehead atoms. The summed E-state index contributed by atoms with van der Waals surface area (Å²) >= 11 is 0. The highest BCUT2D eigenvalue weighted by Gasteiger charge is 2.17. The predicted octanol–water partition coefficient (Wildman–Crippen LogP) is 3.79. The number of rotatable bonds is 6. The van der Waals surface area contributed by atoms with E-state index >= 15 is 0 Å². The minimum atomic E-state index is -0.266. The van der Waals surface area contributed by atoms with E-state index in [1.165, 1.54) is 0 Å². The van der Waals surface area contributed by atoms with Crippen LogP contribution in [0.15, 0.2) is 59.7 Å². The maximum atomic E-state index is 12.2. The number of carbonyl (C=O) groups is 1. The minimum Gasteiger partial charge on any atom is -0.466 e. The Morgan fingerprint density at radius 3 is 2.87 bits per heavy atom. The summed E-state index contributed by atoms with van der Waals surface area (Å²) in [6.45, 7) is 3.98. The van der Waals surface area contributed by atoms with Gasteiger partial charge in [-0.2, -0.15) is 0 Å². The standard InChI is InChI=1S/C19H19NO3/c1-3-7-15-16-9-4-5-10-17(16)20(2)18(15)12-19(21)23-13-14-8-6-11-22-14/h3-6,8-11H,1,7,12-13H2,2H3. The Hall–Kier alpha value is -2.75. The highest BCUT2D eigenvalue weighted by Crippen LogP contribution is 2.26. The SMILES string of the molecule is C=CCc1c(CC(=O)OCc2ccco2)n(C)c2ccccc12. The van der Waals surface area contributed by atoms with Crippen molar-refractivity contribution >= 4 is 16.9 Å². The summed E-state index contributed by atoms with van der Waals surface area (Å²) in [5, 5.41) is 1.16. The quantitative estimate of drug-likeness (QED) is 0.514. The molecule has 118 valence electrons. The molecule has 0 fully saturated rings. The molecule has 2 aromatic heterocycles. The van der Waals surface area contributed by atoms with Gasteiger partial charge < -0.3 is 13.7 Å². The second kappa shape index (κ2) is 6.57. The normalized spacial score (nSPS) is 10.8. The molecule has 0 amide bonds. The molecular weight excluding hydrogens is 290 g/mol. The monoisotopic (exact) mass is 309 g/mol. The Kier molecular flexibility index (Phi) is 4.33. The lowest BCUT2D eigenvalue weighted by Crippen LogP contribution is -2.12. The van der Waals surface area contributed by atoms with E-state index in [1.54, 1.807) is 18.4 Å². The highest BCUT2D eigenvalue weighted by atomic mass is 16.5. The second-order valence-electron chi connectivity index (χ2n) is 5.41. The zero-order chi connectivity index (χ0) is 16.2. The summed E-state index contributed by atoms with van der Waals surface area (Å²) < 4.78 is 12.5. The molecule has 1 aromatic carbocycles. The van der Waals surface area contributed by atoms with E-state index in [2.05, 4.69) is 23.3 Å². The van der Waals surface area contributed by atoms with Gasteiger partial charge >= 0.3 is 5.97 Å². The molecule has 4 heteroatoms. The van der Waals surface area contributed by atoms with E-state index in [0.717, 1.165) is 28.6 Å². The number of aryl methyl sites for hydroxylation is 1. The van der Waals surface area contributed by atoms with E-state index in [9.17, 15) is 4.79 Å². The van der Waals surface area contributed by atoms with E-state index in [1.807, 2.05) is 25.3 Å². The van der Waals surface area contributed by atoms with E-state index < -0.39 is 0 Å². The van der Waals surface area contributed by atoms with Gasteiger partial charge in [0.1, 0.15) is 12.4 Å². The zero-order valence-electron chi connectivity index (χ0n) is 13.1. The number of esters is 1. The third kappa shape index (κ3) is 3.06. The molecule has 2 heterocycles. The summed E-state index contributed by atoms with van der Waals surface area (Å²) in [6, 6.07) is 11.7. The predicted molar refractivity (Wildman–Crippen MR) is 89.0 cm³/mol. The van der Waals surface area contributed by atoms with Crippen molar-refractivity contribution in [3.8, 4) is 0 Å². The Morgan fingerprint density at radius 1 is 1.30 bits per heavy atom. The van der Waals surface area contributed by atoms with Gasteiger partial charge in [-0.1, -0.05) is 24.3 Å². The van der Waals surface area contributed by atoms with Gasteiger partial charge in [0.25, 0.3) is 0 Å². The van der Waals surface area contributed by atoms with Crippen LogP contribution in [0.5, 0.6) is 0 Å². The average molecular weight is 309 g/mol. The molecule has 0 atom stereocenters. The van der Waals surface area contributed by atoms with Crippen LogP contribution >= 0.6 is 0 Å². The van der Waals surface area contributed by atoms with Crippen molar-refractivity contribution in [2.24, 2.45) is 7.05 Å². The van der Waals surface area contributed by atoms with Crippen molar-refractivity contribution in [3.05, 3.63) is 72.3 Å². The fourth-order valence-corrected chi connectivity index (χ4v) is 2.86. The first-order chi connectivity index (χ1) is 11.2. The lowest BCUT2D eigenvalue weighted by atomic mass is 10.1. The zero-order valence-corrected chi connectivity index (χ0v) is 13.1. The van der Waals surface area contributed by atoms with Crippen molar-refractivity contribution < 1.29 is 13.9 Å². The van der Waals surface area contributed by atoms with E-state index in [4.69, 9.17) is 9.15 Å². The minimum absolute atomic E-state index is 0.159. The molecule has 0 saturated heterocycles. The van der Waals surface area contributed by atoms with Crippen LogP contribution in [0.25, 0.3) is 10.9 Å². The van der Waals surface area contributed by atoms with Gasteiger partial charge in [0.05, 0.1) is 12.7 Å². The van der Waals surface area contributed by atoms with Crippen LogP contribution in [0.1, 0.15) is 17.0 Å². The van der Waals surface area contributed by atoms with Crippen molar-refractivity contribution in [2.75, 3.05) is 0 Å². The van der Waals surface area contributed by atoms with Crippen LogP contribution < -0.4 is 0 Å². The third-order valence-corrected chi connectivity index (χ3v) is 3.96. The molecule has 0 saturated carbocycles. The first-order valence-electron chi connectivity index (χ1n) is 7.54. The lowest BCUT2D eigenvalue weighted by Gasteiger charge is -2.07. The molecule has 4 nitrogen and oxygen atoms in total. The van der Waals surface area contributed by atoms with Gasteiger partial charge in [-0.3, -0.25) is 4.79 Å². The van der Waals surface area contributed by atoms with Crippen molar-refractivity contribution in [1.82, 2.24) is 4.57 Å². The van der Waals surface area contributed by atoms with Crippen LogP contribution in [0.3, 0.4) is 0 Å². The molecule has 0 aliphatic rings. The number of allylic oxidation sites excluding steroid dienone is 1. The largest absolute Gasteiger partial charge is 0.466 e. The number of nitrogens with zero attached hydrogens (tertiary/aromatic N) is 1. The summed E-state index contributed by atoms with van der Waals surface area (Å²) in [5.74, 6) is 0.374. The first kappa shape index (κ1) is 15.2. The van der Waals surface area contributed by atoms with Crippen molar-refractivity contribution in [1.29, 1.82) is 0 Å². The number of carbonyl (C=O) groups excluding carboxylic acids is 1. The molecule has 0 unspecified atom stereocenters. The highest BCUT2D eigenvalue weighted by molar-refractivity contribution is 5.87. The molecule has 0 radical (unpaired) electrons. The van der Waals surface area contributed by atoms with Gasteiger partial charge in [0, 0.05) is 23.6 Å². The maximum absolute atomic E-state index is 12.2. The fourth-order valence-electron chi connectivity index (χ4n) is 2.86. The van der Waals surface area contributed by atoms with E-state index in [-0.39, 0.29) is 19.0 Å². The van der Waals surface area contributed by atoms with Gasteiger partial charge in [-0.05, 0) is 30.2 Å². The van der Waals surface area contributed by atoms with Gasteiger partial charge in [-0.15, -0.1) is 6.58 Å².